The van der Waals surface area contributed by atoms with Crippen molar-refractivity contribution >= 4 is 19.9 Å². The summed E-state index contributed by atoms with van der Waals surface area (Å²) < 4.78 is 49.1. The molecule has 0 amide bonds. The van der Waals surface area contributed by atoms with Crippen LogP contribution in [0.25, 0.3) is 0 Å². The number of piperazine rings is 1. The second kappa shape index (κ2) is 5.90. The lowest BCUT2D eigenvalue weighted by molar-refractivity contribution is 0.101. The Hall–Kier alpha value is -0.180. The van der Waals surface area contributed by atoms with E-state index in [1.807, 2.05) is 0 Å². The Labute approximate surface area is 121 Å². The van der Waals surface area contributed by atoms with E-state index in [1.165, 1.54) is 0 Å². The van der Waals surface area contributed by atoms with E-state index in [2.05, 4.69) is 5.32 Å². The summed E-state index contributed by atoms with van der Waals surface area (Å²) in [6, 6.07) is 0. The Morgan fingerprint density at radius 1 is 1.05 bits per heavy atom. The number of nitrogens with zero attached hydrogens (tertiary/aromatic N) is 1. The summed E-state index contributed by atoms with van der Waals surface area (Å²) in [6.07, 6.45) is 6.06. The van der Waals surface area contributed by atoms with Crippen LogP contribution in [0.3, 0.4) is 0 Å². The molecule has 1 aliphatic carbocycles. The van der Waals surface area contributed by atoms with Gasteiger partial charge in [0, 0.05) is 31.4 Å². The van der Waals surface area contributed by atoms with E-state index in [0.717, 1.165) is 38.4 Å². The first-order valence-electron chi connectivity index (χ1n) is 7.14. The van der Waals surface area contributed by atoms with E-state index in [0.29, 0.717) is 19.6 Å². The first-order valence-corrected chi connectivity index (χ1v) is 10.8. The molecule has 0 bridgehead atoms. The third-order valence-electron chi connectivity index (χ3n) is 4.31. The zero-order valence-corrected chi connectivity index (χ0v) is 13.6. The highest BCUT2D eigenvalue weighted by Gasteiger charge is 2.45. The van der Waals surface area contributed by atoms with E-state index < -0.39 is 19.9 Å². The van der Waals surface area contributed by atoms with Crippen LogP contribution in [-0.4, -0.2) is 64.1 Å². The van der Waals surface area contributed by atoms with Crippen molar-refractivity contribution in [1.29, 1.82) is 0 Å². The molecule has 0 aromatic rings. The SMILES string of the molecule is CS(=O)(=O)CCS(=O)(=O)N1CCNCC12CCCCC2. The van der Waals surface area contributed by atoms with Gasteiger partial charge in [0.25, 0.3) is 0 Å². The maximum atomic E-state index is 12.5. The van der Waals surface area contributed by atoms with Crippen molar-refractivity contribution in [2.24, 2.45) is 0 Å². The maximum absolute atomic E-state index is 12.5. The van der Waals surface area contributed by atoms with Gasteiger partial charge in [-0.25, -0.2) is 16.8 Å². The molecule has 0 radical (unpaired) electrons. The highest BCUT2D eigenvalue weighted by Crippen LogP contribution is 2.36. The smallest absolute Gasteiger partial charge is 0.215 e. The van der Waals surface area contributed by atoms with Crippen molar-refractivity contribution in [3.05, 3.63) is 0 Å². The van der Waals surface area contributed by atoms with Crippen LogP contribution in [0.15, 0.2) is 0 Å². The lowest BCUT2D eigenvalue weighted by atomic mass is 9.80. The fourth-order valence-corrected chi connectivity index (χ4v) is 6.74. The molecule has 6 nitrogen and oxygen atoms in total. The average Bonchev–Trinajstić information content (AvgIpc) is 2.37. The van der Waals surface area contributed by atoms with Crippen molar-refractivity contribution in [3.63, 3.8) is 0 Å². The van der Waals surface area contributed by atoms with Crippen LogP contribution in [-0.2, 0) is 19.9 Å². The Morgan fingerprint density at radius 2 is 1.70 bits per heavy atom. The molecule has 1 aliphatic heterocycles. The van der Waals surface area contributed by atoms with Crippen LogP contribution >= 0.6 is 0 Å². The molecule has 118 valence electrons. The first-order chi connectivity index (χ1) is 9.25. The molecule has 8 heteroatoms. The monoisotopic (exact) mass is 324 g/mol. The molecule has 1 saturated carbocycles. The Bertz CT molecular complexity index is 528. The number of hydrogen-bond donors (Lipinski definition) is 1. The molecular weight excluding hydrogens is 300 g/mol. The Morgan fingerprint density at radius 3 is 2.30 bits per heavy atom. The van der Waals surface area contributed by atoms with Gasteiger partial charge in [0.1, 0.15) is 9.84 Å². The van der Waals surface area contributed by atoms with E-state index in [-0.39, 0.29) is 17.0 Å². The quantitative estimate of drug-likeness (QED) is 0.785. The zero-order chi connectivity index (χ0) is 14.9. The molecule has 20 heavy (non-hydrogen) atoms. The van der Waals surface area contributed by atoms with Crippen molar-refractivity contribution in [1.82, 2.24) is 9.62 Å². The topological polar surface area (TPSA) is 83.5 Å². The summed E-state index contributed by atoms with van der Waals surface area (Å²) in [5, 5.41) is 3.30. The van der Waals surface area contributed by atoms with Gasteiger partial charge in [-0.1, -0.05) is 19.3 Å². The maximum Gasteiger partial charge on any atom is 0.215 e. The molecule has 2 aliphatic rings. The van der Waals surface area contributed by atoms with Gasteiger partial charge in [0.15, 0.2) is 0 Å². The summed E-state index contributed by atoms with van der Waals surface area (Å²) in [5.74, 6) is -0.594. The molecule has 2 rings (SSSR count). The number of rotatable bonds is 4. The third kappa shape index (κ3) is 3.72. The standard InChI is InChI=1S/C12H24N2O4S2/c1-19(15,16)9-10-20(17,18)14-8-7-13-11-12(14)5-3-2-4-6-12/h13H,2-11H2,1H3. The highest BCUT2D eigenvalue weighted by atomic mass is 32.2. The van der Waals surface area contributed by atoms with Gasteiger partial charge in [-0.05, 0) is 12.8 Å². The normalized spacial score (nSPS) is 24.9. The minimum atomic E-state index is -3.51. The van der Waals surface area contributed by atoms with E-state index >= 15 is 0 Å². The fourth-order valence-electron chi connectivity index (χ4n) is 3.26. The summed E-state index contributed by atoms with van der Waals surface area (Å²) >= 11 is 0. The van der Waals surface area contributed by atoms with Gasteiger partial charge < -0.3 is 5.32 Å². The summed E-state index contributed by atoms with van der Waals surface area (Å²) in [7, 11) is -6.77. The largest absolute Gasteiger partial charge is 0.314 e. The van der Waals surface area contributed by atoms with Gasteiger partial charge in [-0.15, -0.1) is 0 Å². The van der Waals surface area contributed by atoms with Crippen LogP contribution in [0.2, 0.25) is 0 Å². The van der Waals surface area contributed by atoms with E-state index in [4.69, 9.17) is 0 Å². The van der Waals surface area contributed by atoms with Crippen molar-refractivity contribution in [3.8, 4) is 0 Å². The lowest BCUT2D eigenvalue weighted by Gasteiger charge is -2.48. The summed E-state index contributed by atoms with van der Waals surface area (Å²) in [6.45, 7) is 1.77. The zero-order valence-electron chi connectivity index (χ0n) is 12.0. The van der Waals surface area contributed by atoms with Crippen molar-refractivity contribution in [2.45, 2.75) is 37.6 Å². The first kappa shape index (κ1) is 16.2. The van der Waals surface area contributed by atoms with E-state index in [1.54, 1.807) is 4.31 Å². The molecule has 1 saturated heterocycles. The highest BCUT2D eigenvalue weighted by molar-refractivity contribution is 7.93. The van der Waals surface area contributed by atoms with Gasteiger partial charge in [0.2, 0.25) is 10.0 Å². The van der Waals surface area contributed by atoms with Crippen LogP contribution in [0.5, 0.6) is 0 Å². The number of nitrogens with one attached hydrogen (secondary N) is 1. The molecular formula is C12H24N2O4S2. The van der Waals surface area contributed by atoms with Crippen LogP contribution in [0.1, 0.15) is 32.1 Å². The van der Waals surface area contributed by atoms with E-state index in [9.17, 15) is 16.8 Å². The molecule has 0 atom stereocenters. The molecule has 2 fully saturated rings. The molecule has 1 heterocycles. The Kier molecular flexibility index (Phi) is 4.78. The second-order valence-corrected chi connectivity index (χ2v) is 10.3. The van der Waals surface area contributed by atoms with Gasteiger partial charge in [-0.2, -0.15) is 4.31 Å². The second-order valence-electron chi connectivity index (χ2n) is 5.98. The molecule has 0 unspecified atom stereocenters. The predicted molar refractivity (Wildman–Crippen MR) is 78.9 cm³/mol. The molecule has 1 spiro atoms. The van der Waals surface area contributed by atoms with Crippen LogP contribution in [0.4, 0.5) is 0 Å². The van der Waals surface area contributed by atoms with Crippen LogP contribution in [0, 0.1) is 0 Å². The Balaban J connectivity index is 2.18. The lowest BCUT2D eigenvalue weighted by Crippen LogP contribution is -2.64. The van der Waals surface area contributed by atoms with Gasteiger partial charge in [-0.3, -0.25) is 0 Å². The number of sulfone groups is 1. The van der Waals surface area contributed by atoms with Gasteiger partial charge in [0.05, 0.1) is 11.5 Å². The third-order valence-corrected chi connectivity index (χ3v) is 7.47. The number of sulfonamides is 1. The molecule has 0 aromatic heterocycles. The van der Waals surface area contributed by atoms with Crippen molar-refractivity contribution in [2.75, 3.05) is 37.4 Å². The fraction of sp³-hybridized carbons (Fsp3) is 1.00. The molecule has 1 N–H and O–H groups in total. The predicted octanol–water partition coefficient (Wildman–Crippen LogP) is -0.0311. The van der Waals surface area contributed by atoms with Gasteiger partial charge >= 0.3 is 0 Å². The summed E-state index contributed by atoms with van der Waals surface area (Å²) in [5.41, 5.74) is -0.327. The molecule has 0 aromatic carbocycles. The summed E-state index contributed by atoms with van der Waals surface area (Å²) in [4.78, 5) is 0. The number of hydrogen-bond acceptors (Lipinski definition) is 5. The van der Waals surface area contributed by atoms with Crippen molar-refractivity contribution < 1.29 is 16.8 Å². The average molecular weight is 324 g/mol. The minimum absolute atomic E-state index is 0.296. The van der Waals surface area contributed by atoms with Crippen LogP contribution < -0.4 is 5.32 Å². The minimum Gasteiger partial charge on any atom is -0.314 e.